The first kappa shape index (κ1) is 17.8. The molecular formula is C16H11Cl2N5O3. The fraction of sp³-hybridized carbons (Fsp3) is 0.0625. The smallest absolute Gasteiger partial charge is 0.298 e. The predicted molar refractivity (Wildman–Crippen MR) is 96.7 cm³/mol. The zero-order chi connectivity index (χ0) is 18.8. The summed E-state index contributed by atoms with van der Waals surface area (Å²) in [6.07, 6.45) is 0.690. The van der Waals surface area contributed by atoms with Crippen LogP contribution in [-0.4, -0.2) is 39.2 Å². The van der Waals surface area contributed by atoms with Crippen LogP contribution in [0.4, 0.5) is 10.5 Å². The minimum atomic E-state index is -0.818. The van der Waals surface area contributed by atoms with Gasteiger partial charge in [-0.25, -0.2) is 9.59 Å². The van der Waals surface area contributed by atoms with Gasteiger partial charge in [-0.05, 0) is 46.8 Å². The Morgan fingerprint density at radius 2 is 1.69 bits per heavy atom. The molecule has 0 aliphatic carbocycles. The van der Waals surface area contributed by atoms with Gasteiger partial charge in [-0.1, -0.05) is 29.3 Å². The molecule has 0 aliphatic rings. The Bertz CT molecular complexity index is 1020. The van der Waals surface area contributed by atoms with Crippen molar-refractivity contribution in [3.63, 3.8) is 0 Å². The van der Waals surface area contributed by atoms with Gasteiger partial charge in [-0.3, -0.25) is 9.69 Å². The lowest BCUT2D eigenvalue weighted by molar-refractivity contribution is 0.112. The van der Waals surface area contributed by atoms with Crippen molar-refractivity contribution in [3.8, 4) is 5.69 Å². The lowest BCUT2D eigenvalue weighted by Gasteiger charge is -2.15. The van der Waals surface area contributed by atoms with Gasteiger partial charge in [0.05, 0.1) is 10.0 Å². The summed E-state index contributed by atoms with van der Waals surface area (Å²) in [5.41, 5.74) is 0.253. The molecule has 0 spiro atoms. The zero-order valence-electron chi connectivity index (χ0n) is 13.3. The van der Waals surface area contributed by atoms with Crippen LogP contribution in [0.2, 0.25) is 10.0 Å². The molecule has 0 aliphatic heterocycles. The van der Waals surface area contributed by atoms with Gasteiger partial charge < -0.3 is 0 Å². The van der Waals surface area contributed by atoms with Crippen molar-refractivity contribution < 1.29 is 9.59 Å². The van der Waals surface area contributed by atoms with E-state index in [1.165, 1.54) is 24.1 Å². The van der Waals surface area contributed by atoms with Crippen LogP contribution in [0.25, 0.3) is 5.69 Å². The molecule has 0 saturated heterocycles. The number of amides is 1. The average Bonchev–Trinajstić information content (AvgIpc) is 3.02. The first-order valence-electron chi connectivity index (χ1n) is 7.26. The molecule has 10 heteroatoms. The van der Waals surface area contributed by atoms with Crippen molar-refractivity contribution in [1.82, 2.24) is 19.8 Å². The monoisotopic (exact) mass is 391 g/mol. The molecule has 132 valence electrons. The number of para-hydroxylation sites is 1. The summed E-state index contributed by atoms with van der Waals surface area (Å²) in [6, 6.07) is 10.2. The molecule has 8 nitrogen and oxygen atoms in total. The van der Waals surface area contributed by atoms with Crippen molar-refractivity contribution in [1.29, 1.82) is 0 Å². The molecule has 1 amide bonds. The number of tetrazole rings is 1. The van der Waals surface area contributed by atoms with E-state index in [1.807, 2.05) is 0 Å². The van der Waals surface area contributed by atoms with Gasteiger partial charge in [0.1, 0.15) is 12.0 Å². The third kappa shape index (κ3) is 3.12. The van der Waals surface area contributed by atoms with Crippen LogP contribution in [0.1, 0.15) is 10.4 Å². The second-order valence-corrected chi connectivity index (χ2v) is 6.02. The molecule has 0 unspecified atom stereocenters. The fourth-order valence-electron chi connectivity index (χ4n) is 2.23. The normalized spacial score (nSPS) is 10.6. The first-order valence-corrected chi connectivity index (χ1v) is 8.02. The number of aldehydes is 1. The Balaban J connectivity index is 1.97. The predicted octanol–water partition coefficient (Wildman–Crippen LogP) is 2.65. The molecular weight excluding hydrogens is 381 g/mol. The maximum absolute atomic E-state index is 12.6. The minimum Gasteiger partial charge on any atom is -0.298 e. The molecule has 1 aromatic heterocycles. The van der Waals surface area contributed by atoms with E-state index in [2.05, 4.69) is 10.4 Å². The third-order valence-electron chi connectivity index (χ3n) is 3.62. The maximum Gasteiger partial charge on any atom is 0.377 e. The Morgan fingerprint density at radius 1 is 1.08 bits per heavy atom. The van der Waals surface area contributed by atoms with E-state index < -0.39 is 11.7 Å². The molecule has 1 heterocycles. The van der Waals surface area contributed by atoms with Crippen LogP contribution >= 0.6 is 23.2 Å². The van der Waals surface area contributed by atoms with Gasteiger partial charge in [0, 0.05) is 18.3 Å². The SMILES string of the molecule is CN(C(=O)n1nnn(-c2c(Cl)cccc2Cl)c1=O)c1ccc(C=O)cc1. The number of anilines is 1. The van der Waals surface area contributed by atoms with Crippen LogP contribution < -0.4 is 10.6 Å². The number of rotatable bonds is 3. The van der Waals surface area contributed by atoms with Gasteiger partial charge in [0.15, 0.2) is 0 Å². The van der Waals surface area contributed by atoms with Crippen molar-refractivity contribution in [2.45, 2.75) is 0 Å². The van der Waals surface area contributed by atoms with Crippen LogP contribution in [0.3, 0.4) is 0 Å². The second-order valence-electron chi connectivity index (χ2n) is 5.21. The highest BCUT2D eigenvalue weighted by Crippen LogP contribution is 2.26. The number of benzene rings is 2. The molecule has 0 bridgehead atoms. The Hall–Kier alpha value is -2.97. The summed E-state index contributed by atoms with van der Waals surface area (Å²) in [7, 11) is 1.46. The van der Waals surface area contributed by atoms with Crippen molar-refractivity contribution in [2.75, 3.05) is 11.9 Å². The van der Waals surface area contributed by atoms with Gasteiger partial charge in [-0.15, -0.1) is 4.68 Å². The molecule has 2 aromatic carbocycles. The molecule has 0 radical (unpaired) electrons. The van der Waals surface area contributed by atoms with Crippen LogP contribution in [-0.2, 0) is 0 Å². The van der Waals surface area contributed by atoms with Crippen LogP contribution in [0.5, 0.6) is 0 Å². The molecule has 0 fully saturated rings. The van der Waals surface area contributed by atoms with Gasteiger partial charge in [0.25, 0.3) is 0 Å². The van der Waals surface area contributed by atoms with Gasteiger partial charge in [-0.2, -0.15) is 4.68 Å². The number of aromatic nitrogens is 4. The highest BCUT2D eigenvalue weighted by atomic mass is 35.5. The third-order valence-corrected chi connectivity index (χ3v) is 4.23. The number of halogens is 2. The van der Waals surface area contributed by atoms with E-state index in [-0.39, 0.29) is 15.7 Å². The van der Waals surface area contributed by atoms with Crippen LogP contribution in [0, 0.1) is 0 Å². The van der Waals surface area contributed by atoms with Crippen molar-refractivity contribution in [3.05, 3.63) is 68.6 Å². The Labute approximate surface area is 157 Å². The zero-order valence-corrected chi connectivity index (χ0v) is 14.8. The lowest BCUT2D eigenvalue weighted by Crippen LogP contribution is -2.39. The van der Waals surface area contributed by atoms with E-state index in [9.17, 15) is 14.4 Å². The quantitative estimate of drug-likeness (QED) is 0.505. The average molecular weight is 392 g/mol. The first-order chi connectivity index (χ1) is 12.4. The van der Waals surface area contributed by atoms with Gasteiger partial charge >= 0.3 is 11.7 Å². The molecule has 0 saturated carbocycles. The van der Waals surface area contributed by atoms with E-state index >= 15 is 0 Å². The molecule has 3 rings (SSSR count). The molecule has 0 atom stereocenters. The van der Waals surface area contributed by atoms with E-state index in [0.29, 0.717) is 22.2 Å². The summed E-state index contributed by atoms with van der Waals surface area (Å²) in [5, 5.41) is 7.68. The fourth-order valence-corrected chi connectivity index (χ4v) is 2.78. The summed E-state index contributed by atoms with van der Waals surface area (Å²) < 4.78 is 1.44. The van der Waals surface area contributed by atoms with E-state index in [4.69, 9.17) is 23.2 Å². The summed E-state index contributed by atoms with van der Waals surface area (Å²) in [5.74, 6) is 0. The second kappa shape index (κ2) is 7.11. The minimum absolute atomic E-state index is 0.137. The standard InChI is InChI=1S/C16H11Cl2N5O3/c1-21(11-7-5-10(9-24)6-8-11)15(25)23-16(26)22(19-20-23)14-12(17)3-2-4-13(14)18/h2-9H,1H3. The molecule has 26 heavy (non-hydrogen) atoms. The molecule has 0 N–H and O–H groups in total. The summed E-state index contributed by atoms with van der Waals surface area (Å²) in [4.78, 5) is 37.0. The number of hydrogen-bond donors (Lipinski definition) is 0. The number of carbonyl (C=O) groups is 2. The van der Waals surface area contributed by atoms with Crippen molar-refractivity contribution >= 4 is 41.2 Å². The Kier molecular flexibility index (Phi) is 4.88. The topological polar surface area (TPSA) is 90.1 Å². The van der Waals surface area contributed by atoms with Crippen molar-refractivity contribution in [2.24, 2.45) is 0 Å². The lowest BCUT2D eigenvalue weighted by atomic mass is 10.2. The maximum atomic E-state index is 12.6. The van der Waals surface area contributed by atoms with E-state index in [1.54, 1.807) is 30.3 Å². The largest absolute Gasteiger partial charge is 0.377 e. The summed E-state index contributed by atoms with van der Waals surface area (Å²) in [6.45, 7) is 0. The molecule has 3 aromatic rings. The van der Waals surface area contributed by atoms with E-state index in [0.717, 1.165) is 4.68 Å². The van der Waals surface area contributed by atoms with Crippen LogP contribution in [0.15, 0.2) is 47.3 Å². The summed E-state index contributed by atoms with van der Waals surface area (Å²) >= 11 is 12.1. The number of nitrogens with zero attached hydrogens (tertiary/aromatic N) is 5. The highest BCUT2D eigenvalue weighted by molar-refractivity contribution is 6.37. The number of carbonyl (C=O) groups excluding carboxylic acids is 2. The highest BCUT2D eigenvalue weighted by Gasteiger charge is 2.22. The Morgan fingerprint density at radius 3 is 2.27 bits per heavy atom. The number of hydrogen-bond acceptors (Lipinski definition) is 5. The van der Waals surface area contributed by atoms with Gasteiger partial charge in [0.2, 0.25) is 0 Å².